The molecule has 2 atom stereocenters. The van der Waals surface area contributed by atoms with Crippen LogP contribution in [0.5, 0.6) is 0 Å². The van der Waals surface area contributed by atoms with Gasteiger partial charge in [-0.05, 0) is 25.7 Å². The van der Waals surface area contributed by atoms with Crippen molar-refractivity contribution in [1.82, 2.24) is 10.6 Å². The zero-order valence-corrected chi connectivity index (χ0v) is 12.5. The first kappa shape index (κ1) is 18.2. The highest BCUT2D eigenvalue weighted by Crippen LogP contribution is 2.20. The number of aliphatic carboxylic acids is 1. The van der Waals surface area contributed by atoms with Crippen LogP contribution in [0.3, 0.4) is 0 Å². The van der Waals surface area contributed by atoms with Crippen LogP contribution in [0.1, 0.15) is 40.5 Å². The average Bonchev–Trinajstić information content (AvgIpc) is 2.33. The van der Waals surface area contributed by atoms with Gasteiger partial charge in [-0.25, -0.2) is 4.79 Å². The average molecular weight is 287 g/mol. The van der Waals surface area contributed by atoms with Crippen LogP contribution in [0.2, 0.25) is 0 Å². The zero-order valence-electron chi connectivity index (χ0n) is 12.5. The second kappa shape index (κ2) is 7.72. The predicted molar refractivity (Wildman–Crippen MR) is 75.0 cm³/mol. The summed E-state index contributed by atoms with van der Waals surface area (Å²) in [5.41, 5.74) is 4.02. The van der Waals surface area contributed by atoms with Crippen molar-refractivity contribution in [3.8, 4) is 0 Å². The maximum Gasteiger partial charge on any atom is 0.312 e. The molecule has 0 aliphatic carbocycles. The van der Waals surface area contributed by atoms with Gasteiger partial charge in [-0.1, -0.05) is 20.8 Å². The van der Waals surface area contributed by atoms with Crippen LogP contribution in [-0.2, 0) is 9.59 Å². The summed E-state index contributed by atoms with van der Waals surface area (Å²) >= 11 is 0. The van der Waals surface area contributed by atoms with E-state index in [0.717, 1.165) is 0 Å². The maximum atomic E-state index is 12.0. The van der Waals surface area contributed by atoms with E-state index in [1.165, 1.54) is 0 Å². The van der Waals surface area contributed by atoms with Gasteiger partial charge in [0.25, 0.3) is 0 Å². The minimum Gasteiger partial charge on any atom is -0.481 e. The third kappa shape index (κ3) is 5.90. The summed E-state index contributed by atoms with van der Waals surface area (Å²) in [4.78, 5) is 34.1. The van der Waals surface area contributed by atoms with E-state index in [2.05, 4.69) is 10.6 Å². The molecule has 0 rings (SSSR count). The summed E-state index contributed by atoms with van der Waals surface area (Å²) < 4.78 is 0. The van der Waals surface area contributed by atoms with Gasteiger partial charge in [0.15, 0.2) is 0 Å². The van der Waals surface area contributed by atoms with Gasteiger partial charge in [0.1, 0.15) is 6.04 Å². The Balaban J connectivity index is 4.67. The summed E-state index contributed by atoms with van der Waals surface area (Å²) in [7, 11) is 0. The number of nitrogens with two attached hydrogens (primary N) is 1. The van der Waals surface area contributed by atoms with Crippen LogP contribution >= 0.6 is 0 Å². The molecule has 2 unspecified atom stereocenters. The van der Waals surface area contributed by atoms with Gasteiger partial charge in [0.05, 0.1) is 5.41 Å². The van der Waals surface area contributed by atoms with Crippen LogP contribution in [0, 0.1) is 11.3 Å². The van der Waals surface area contributed by atoms with Crippen LogP contribution in [0.4, 0.5) is 4.79 Å². The second-order valence-electron chi connectivity index (χ2n) is 5.63. The summed E-state index contributed by atoms with van der Waals surface area (Å²) in [6, 6.07) is -1.52. The van der Waals surface area contributed by atoms with Gasteiger partial charge < -0.3 is 21.5 Å². The van der Waals surface area contributed by atoms with E-state index in [4.69, 9.17) is 10.8 Å². The number of carbonyl (C=O) groups excluding carboxylic acids is 2. The molecule has 0 saturated heterocycles. The lowest BCUT2D eigenvalue weighted by molar-refractivity contribution is -0.148. The molecule has 116 valence electrons. The fraction of sp³-hybridized carbons (Fsp3) is 0.769. The maximum absolute atomic E-state index is 12.0. The SMILES string of the molecule is CCC(C)(CNC(=O)C(CC(C)C)NC(N)=O)C(=O)O. The molecule has 0 fully saturated rings. The Morgan fingerprint density at radius 2 is 1.85 bits per heavy atom. The Hall–Kier alpha value is -1.79. The van der Waals surface area contributed by atoms with Crippen molar-refractivity contribution in [3.63, 3.8) is 0 Å². The van der Waals surface area contributed by atoms with E-state index in [9.17, 15) is 14.4 Å². The summed E-state index contributed by atoms with van der Waals surface area (Å²) in [5, 5.41) is 14.1. The van der Waals surface area contributed by atoms with Gasteiger partial charge in [-0.3, -0.25) is 9.59 Å². The first-order chi connectivity index (χ1) is 9.12. The standard InChI is InChI=1S/C13H25N3O4/c1-5-13(4,11(18)19)7-15-10(17)9(6-8(2)3)16-12(14)20/h8-9H,5-7H2,1-4H3,(H,15,17)(H,18,19)(H3,14,16,20). The van der Waals surface area contributed by atoms with Crippen molar-refractivity contribution in [2.24, 2.45) is 17.1 Å². The number of rotatable bonds is 8. The lowest BCUT2D eigenvalue weighted by atomic mass is 9.87. The Bertz CT molecular complexity index is 371. The first-order valence-electron chi connectivity index (χ1n) is 6.69. The molecular formula is C13H25N3O4. The van der Waals surface area contributed by atoms with E-state index < -0.39 is 29.4 Å². The zero-order chi connectivity index (χ0) is 15.9. The first-order valence-corrected chi connectivity index (χ1v) is 6.69. The predicted octanol–water partition coefficient (Wildman–Crippen LogP) is 0.687. The highest BCUT2D eigenvalue weighted by molar-refractivity contribution is 5.87. The lowest BCUT2D eigenvalue weighted by Crippen LogP contribution is -2.51. The van der Waals surface area contributed by atoms with E-state index >= 15 is 0 Å². The number of primary amides is 1. The number of carbonyl (C=O) groups is 3. The Labute approximate surface area is 119 Å². The fourth-order valence-corrected chi connectivity index (χ4v) is 1.63. The van der Waals surface area contributed by atoms with E-state index in [-0.39, 0.29) is 12.5 Å². The molecule has 0 aliphatic rings. The molecule has 0 spiro atoms. The van der Waals surface area contributed by atoms with Gasteiger partial charge in [-0.2, -0.15) is 0 Å². The number of urea groups is 1. The van der Waals surface area contributed by atoms with Crippen molar-refractivity contribution in [2.45, 2.75) is 46.6 Å². The van der Waals surface area contributed by atoms with Gasteiger partial charge >= 0.3 is 12.0 Å². The molecule has 0 bridgehead atoms. The monoisotopic (exact) mass is 287 g/mol. The summed E-state index contributed by atoms with van der Waals surface area (Å²) in [6.45, 7) is 7.14. The molecule has 0 aromatic heterocycles. The van der Waals surface area contributed by atoms with Crippen LogP contribution in [-0.4, -0.2) is 35.6 Å². The van der Waals surface area contributed by atoms with Crippen molar-refractivity contribution in [2.75, 3.05) is 6.54 Å². The molecule has 7 nitrogen and oxygen atoms in total. The molecule has 0 heterocycles. The molecule has 3 amide bonds. The number of carboxylic acid groups (broad SMARTS) is 1. The van der Waals surface area contributed by atoms with Crippen molar-refractivity contribution in [3.05, 3.63) is 0 Å². The Morgan fingerprint density at radius 1 is 1.30 bits per heavy atom. The van der Waals surface area contributed by atoms with Crippen LogP contribution in [0.25, 0.3) is 0 Å². The summed E-state index contributed by atoms with van der Waals surface area (Å²) in [5.74, 6) is -1.20. The summed E-state index contributed by atoms with van der Waals surface area (Å²) in [6.07, 6.45) is 0.825. The Kier molecular flexibility index (Phi) is 7.02. The van der Waals surface area contributed by atoms with Gasteiger partial charge in [0.2, 0.25) is 5.91 Å². The number of hydrogen-bond acceptors (Lipinski definition) is 3. The van der Waals surface area contributed by atoms with Crippen molar-refractivity contribution >= 4 is 17.9 Å². The third-order valence-corrected chi connectivity index (χ3v) is 3.29. The number of hydrogen-bond donors (Lipinski definition) is 4. The molecule has 0 saturated carbocycles. The molecule has 7 heteroatoms. The lowest BCUT2D eigenvalue weighted by Gasteiger charge is -2.25. The normalized spacial score (nSPS) is 15.2. The highest BCUT2D eigenvalue weighted by Gasteiger charge is 2.32. The molecule has 0 aromatic rings. The third-order valence-electron chi connectivity index (χ3n) is 3.29. The number of amides is 3. The van der Waals surface area contributed by atoms with Crippen molar-refractivity contribution in [1.29, 1.82) is 0 Å². The van der Waals surface area contributed by atoms with Gasteiger partial charge in [0, 0.05) is 6.54 Å². The number of nitrogens with one attached hydrogen (secondary N) is 2. The molecule has 20 heavy (non-hydrogen) atoms. The van der Waals surface area contributed by atoms with E-state index in [1.807, 2.05) is 13.8 Å². The topological polar surface area (TPSA) is 122 Å². The quantitative estimate of drug-likeness (QED) is 0.524. The van der Waals surface area contributed by atoms with Crippen LogP contribution in [0.15, 0.2) is 0 Å². The van der Waals surface area contributed by atoms with Crippen molar-refractivity contribution < 1.29 is 19.5 Å². The molecule has 0 aromatic carbocycles. The number of carboxylic acids is 1. The fourth-order valence-electron chi connectivity index (χ4n) is 1.63. The van der Waals surface area contributed by atoms with E-state index in [1.54, 1.807) is 13.8 Å². The smallest absolute Gasteiger partial charge is 0.312 e. The Morgan fingerprint density at radius 3 is 2.20 bits per heavy atom. The minimum atomic E-state index is -1.02. The van der Waals surface area contributed by atoms with Crippen LogP contribution < -0.4 is 16.4 Å². The molecule has 0 aliphatic heterocycles. The largest absolute Gasteiger partial charge is 0.481 e. The minimum absolute atomic E-state index is 0.00665. The second-order valence-corrected chi connectivity index (χ2v) is 5.63. The van der Waals surface area contributed by atoms with E-state index in [0.29, 0.717) is 12.8 Å². The highest BCUT2D eigenvalue weighted by atomic mass is 16.4. The molecule has 0 radical (unpaired) electrons. The molecular weight excluding hydrogens is 262 g/mol. The molecule has 5 N–H and O–H groups in total. The van der Waals surface area contributed by atoms with Gasteiger partial charge in [-0.15, -0.1) is 0 Å².